The molecule has 8 heteroatoms. The van der Waals surface area contributed by atoms with Crippen molar-refractivity contribution in [1.29, 1.82) is 0 Å². The summed E-state index contributed by atoms with van der Waals surface area (Å²) in [5, 5.41) is 14.5. The van der Waals surface area contributed by atoms with E-state index in [2.05, 4.69) is 22.8 Å². The van der Waals surface area contributed by atoms with Crippen LogP contribution in [0.4, 0.5) is 4.79 Å². The zero-order valence-electron chi connectivity index (χ0n) is 19.2. The van der Waals surface area contributed by atoms with Gasteiger partial charge in [-0.05, 0) is 49.2 Å². The standard InChI is InChI=1S/C25H31N3O5/c1-4-21(23(29)26-22(24(30)31)13-14-28(2)3)27-25(32)33-15-20-18-11-7-5-9-16(18)17-10-6-8-12-19(17)20/h5-12,20-22H,4,13-15H2,1-3H3,(H,26,29)(H,27,32)(H,30,31)/t21-,22?/m1/s1. The Hall–Kier alpha value is -3.39. The predicted molar refractivity (Wildman–Crippen MR) is 125 cm³/mol. The summed E-state index contributed by atoms with van der Waals surface area (Å²) in [4.78, 5) is 38.4. The number of ether oxygens (including phenoxy) is 1. The lowest BCUT2D eigenvalue weighted by atomic mass is 9.98. The molecule has 3 N–H and O–H groups in total. The zero-order valence-corrected chi connectivity index (χ0v) is 19.2. The van der Waals surface area contributed by atoms with Gasteiger partial charge in [-0.25, -0.2) is 9.59 Å². The molecule has 176 valence electrons. The monoisotopic (exact) mass is 453 g/mol. The van der Waals surface area contributed by atoms with Crippen molar-refractivity contribution < 1.29 is 24.2 Å². The second-order valence-corrected chi connectivity index (χ2v) is 8.42. The highest BCUT2D eigenvalue weighted by molar-refractivity contribution is 5.89. The number of carboxylic acids is 1. The molecule has 0 aromatic heterocycles. The number of fused-ring (bicyclic) bond motifs is 3. The molecular formula is C25H31N3O5. The fourth-order valence-electron chi connectivity index (χ4n) is 4.05. The maximum absolute atomic E-state index is 12.6. The molecule has 2 amide bonds. The Morgan fingerprint density at radius 3 is 2.06 bits per heavy atom. The summed E-state index contributed by atoms with van der Waals surface area (Å²) in [7, 11) is 3.66. The van der Waals surface area contributed by atoms with Gasteiger partial charge in [-0.15, -0.1) is 0 Å². The smallest absolute Gasteiger partial charge is 0.407 e. The molecule has 1 aliphatic rings. The fraction of sp³-hybridized carbons (Fsp3) is 0.400. The highest BCUT2D eigenvalue weighted by Gasteiger charge is 2.30. The number of amides is 2. The van der Waals surface area contributed by atoms with Gasteiger partial charge < -0.3 is 25.4 Å². The Labute approximate surface area is 193 Å². The molecule has 0 saturated carbocycles. The molecule has 0 saturated heterocycles. The quantitative estimate of drug-likeness (QED) is 0.511. The molecule has 0 aliphatic heterocycles. The summed E-state index contributed by atoms with van der Waals surface area (Å²) >= 11 is 0. The minimum absolute atomic E-state index is 0.0838. The van der Waals surface area contributed by atoms with E-state index in [0.717, 1.165) is 22.3 Å². The molecular weight excluding hydrogens is 422 g/mol. The molecule has 0 radical (unpaired) electrons. The number of hydrogen-bond donors (Lipinski definition) is 3. The Bertz CT molecular complexity index is 962. The van der Waals surface area contributed by atoms with Crippen molar-refractivity contribution in [3.63, 3.8) is 0 Å². The minimum Gasteiger partial charge on any atom is -0.480 e. The summed E-state index contributed by atoms with van der Waals surface area (Å²) < 4.78 is 5.50. The van der Waals surface area contributed by atoms with E-state index >= 15 is 0 Å². The first-order valence-electron chi connectivity index (χ1n) is 11.1. The van der Waals surface area contributed by atoms with Crippen molar-refractivity contribution in [3.8, 4) is 11.1 Å². The molecule has 33 heavy (non-hydrogen) atoms. The summed E-state index contributed by atoms with van der Waals surface area (Å²) in [5.41, 5.74) is 4.46. The predicted octanol–water partition coefficient (Wildman–Crippen LogP) is 2.82. The van der Waals surface area contributed by atoms with Crippen molar-refractivity contribution in [2.75, 3.05) is 27.2 Å². The summed E-state index contributed by atoms with van der Waals surface area (Å²) in [5.74, 6) is -1.74. The number of alkyl carbamates (subject to hydrolysis) is 1. The maximum Gasteiger partial charge on any atom is 0.407 e. The van der Waals surface area contributed by atoms with Gasteiger partial charge in [0.05, 0.1) is 0 Å². The van der Waals surface area contributed by atoms with Crippen LogP contribution in [0.3, 0.4) is 0 Å². The topological polar surface area (TPSA) is 108 Å². The molecule has 0 spiro atoms. The number of hydrogen-bond acceptors (Lipinski definition) is 5. The minimum atomic E-state index is -1.11. The third-order valence-corrected chi connectivity index (χ3v) is 5.84. The lowest BCUT2D eigenvalue weighted by Crippen LogP contribution is -2.52. The van der Waals surface area contributed by atoms with Gasteiger partial charge in [-0.3, -0.25) is 4.79 Å². The van der Waals surface area contributed by atoms with E-state index in [1.165, 1.54) is 0 Å². The Kier molecular flexibility index (Phi) is 8.06. The second kappa shape index (κ2) is 11.0. The van der Waals surface area contributed by atoms with Gasteiger partial charge in [0.25, 0.3) is 0 Å². The molecule has 0 heterocycles. The van der Waals surface area contributed by atoms with E-state index in [1.54, 1.807) is 6.92 Å². The number of carbonyl (C=O) groups is 3. The Balaban J connectivity index is 1.59. The van der Waals surface area contributed by atoms with Gasteiger partial charge in [0, 0.05) is 12.5 Å². The lowest BCUT2D eigenvalue weighted by molar-refractivity contribution is -0.142. The molecule has 1 unspecified atom stereocenters. The summed E-state index contributed by atoms with van der Waals surface area (Å²) in [6.45, 7) is 2.38. The molecule has 3 rings (SSSR count). The first-order chi connectivity index (χ1) is 15.8. The first-order valence-corrected chi connectivity index (χ1v) is 11.1. The van der Waals surface area contributed by atoms with Crippen molar-refractivity contribution in [1.82, 2.24) is 15.5 Å². The van der Waals surface area contributed by atoms with Crippen LogP contribution < -0.4 is 10.6 Å². The van der Waals surface area contributed by atoms with Crippen LogP contribution >= 0.6 is 0 Å². The third kappa shape index (κ3) is 5.90. The molecule has 0 fully saturated rings. The number of benzene rings is 2. The van der Waals surface area contributed by atoms with Crippen molar-refractivity contribution in [2.45, 2.75) is 37.8 Å². The van der Waals surface area contributed by atoms with Gasteiger partial charge in [0.2, 0.25) is 5.91 Å². The van der Waals surface area contributed by atoms with Crippen LogP contribution in [0.15, 0.2) is 48.5 Å². The van der Waals surface area contributed by atoms with Crippen molar-refractivity contribution in [3.05, 3.63) is 59.7 Å². The molecule has 2 aromatic rings. The van der Waals surface area contributed by atoms with Gasteiger partial charge in [0.1, 0.15) is 18.7 Å². The van der Waals surface area contributed by atoms with Crippen LogP contribution in [0.5, 0.6) is 0 Å². The average Bonchev–Trinajstić information content (AvgIpc) is 3.12. The highest BCUT2D eigenvalue weighted by Crippen LogP contribution is 2.44. The summed E-state index contributed by atoms with van der Waals surface area (Å²) in [6, 6.07) is 14.2. The van der Waals surface area contributed by atoms with E-state index in [9.17, 15) is 19.5 Å². The van der Waals surface area contributed by atoms with E-state index in [-0.39, 0.29) is 18.9 Å². The maximum atomic E-state index is 12.6. The van der Waals surface area contributed by atoms with Crippen molar-refractivity contribution in [2.24, 2.45) is 0 Å². The fourth-order valence-corrected chi connectivity index (χ4v) is 4.05. The van der Waals surface area contributed by atoms with Crippen LogP contribution in [0.2, 0.25) is 0 Å². The van der Waals surface area contributed by atoms with E-state index in [4.69, 9.17) is 4.74 Å². The van der Waals surface area contributed by atoms with Gasteiger partial charge in [-0.2, -0.15) is 0 Å². The van der Waals surface area contributed by atoms with Gasteiger partial charge >= 0.3 is 12.1 Å². The largest absolute Gasteiger partial charge is 0.480 e. The molecule has 2 aromatic carbocycles. The van der Waals surface area contributed by atoms with E-state index in [1.807, 2.05) is 55.4 Å². The normalized spacial score (nSPS) is 14.2. The first kappa shape index (κ1) is 24.3. The SMILES string of the molecule is CC[C@@H](NC(=O)OCC1c2ccccc2-c2ccccc21)C(=O)NC(CCN(C)C)C(=O)O. The average molecular weight is 454 g/mol. The highest BCUT2D eigenvalue weighted by atomic mass is 16.5. The van der Waals surface area contributed by atoms with Crippen LogP contribution in [0.25, 0.3) is 11.1 Å². The Morgan fingerprint density at radius 1 is 0.970 bits per heavy atom. The number of nitrogens with one attached hydrogen (secondary N) is 2. The van der Waals surface area contributed by atoms with Crippen LogP contribution in [-0.4, -0.2) is 67.3 Å². The molecule has 1 aliphatic carbocycles. The van der Waals surface area contributed by atoms with Gasteiger partial charge in [-0.1, -0.05) is 55.5 Å². The number of rotatable bonds is 10. The van der Waals surface area contributed by atoms with Crippen molar-refractivity contribution >= 4 is 18.0 Å². The lowest BCUT2D eigenvalue weighted by Gasteiger charge is -2.22. The number of carbonyl (C=O) groups excluding carboxylic acids is 2. The second-order valence-electron chi connectivity index (χ2n) is 8.42. The molecule has 8 nitrogen and oxygen atoms in total. The Morgan fingerprint density at radius 2 is 1.55 bits per heavy atom. The van der Waals surface area contributed by atoms with E-state index in [0.29, 0.717) is 13.0 Å². The summed E-state index contributed by atoms with van der Waals surface area (Å²) in [6.07, 6.45) is -0.148. The number of carboxylic acid groups (broad SMARTS) is 1. The number of nitrogens with zero attached hydrogens (tertiary/aromatic N) is 1. The zero-order chi connectivity index (χ0) is 24.0. The van der Waals surface area contributed by atoms with Crippen LogP contribution in [-0.2, 0) is 14.3 Å². The third-order valence-electron chi connectivity index (χ3n) is 5.84. The number of aliphatic carboxylic acids is 1. The van der Waals surface area contributed by atoms with Gasteiger partial charge in [0.15, 0.2) is 0 Å². The molecule has 2 atom stereocenters. The van der Waals surface area contributed by atoms with Crippen LogP contribution in [0.1, 0.15) is 36.8 Å². The van der Waals surface area contributed by atoms with Crippen LogP contribution in [0, 0.1) is 0 Å². The molecule has 0 bridgehead atoms. The van der Waals surface area contributed by atoms with E-state index < -0.39 is 30.1 Å².